The molecule has 0 atom stereocenters. The molecule has 1 aliphatic rings. The van der Waals surface area contributed by atoms with Gasteiger partial charge < -0.3 is 9.30 Å². The van der Waals surface area contributed by atoms with Crippen LogP contribution in [0.3, 0.4) is 0 Å². The summed E-state index contributed by atoms with van der Waals surface area (Å²) >= 11 is 6.17. The minimum atomic E-state index is -0.617. The van der Waals surface area contributed by atoms with Crippen LogP contribution in [0.15, 0.2) is 24.5 Å². The van der Waals surface area contributed by atoms with E-state index in [4.69, 9.17) is 16.3 Å². The smallest absolute Gasteiger partial charge is 0.332 e. The van der Waals surface area contributed by atoms with Crippen LogP contribution >= 0.6 is 11.6 Å². The number of nitrogens with zero attached hydrogens (tertiary/aromatic N) is 2. The topological polar surface area (TPSA) is 44.1 Å². The number of rotatable bonds is 2. The van der Waals surface area contributed by atoms with Gasteiger partial charge in [0.2, 0.25) is 0 Å². The molecule has 0 N–H and O–H groups in total. The summed E-state index contributed by atoms with van der Waals surface area (Å²) in [5.41, 5.74) is 0.133. The number of hydrogen-bond acceptors (Lipinski definition) is 3. The predicted octanol–water partition coefficient (Wildman–Crippen LogP) is 3.13. The van der Waals surface area contributed by atoms with Crippen molar-refractivity contribution in [1.29, 1.82) is 0 Å². The molecule has 1 fully saturated rings. The van der Waals surface area contributed by atoms with Crippen LogP contribution in [-0.2, 0) is 15.1 Å². The van der Waals surface area contributed by atoms with Gasteiger partial charge in [0.25, 0.3) is 0 Å². The van der Waals surface area contributed by atoms with Gasteiger partial charge in [0.1, 0.15) is 11.2 Å². The van der Waals surface area contributed by atoms with Crippen LogP contribution < -0.4 is 0 Å². The summed E-state index contributed by atoms with van der Waals surface area (Å²) in [4.78, 5) is 16.6. The number of carbonyl (C=O) groups excluding carboxylic acids is 1. The minimum Gasteiger partial charge on any atom is -0.467 e. The lowest BCUT2D eigenvalue weighted by atomic mass is 9.97. The molecular formula is C14H15ClN2O2. The highest BCUT2D eigenvalue weighted by Crippen LogP contribution is 2.40. The zero-order chi connectivity index (χ0) is 13.5. The fourth-order valence-electron chi connectivity index (χ4n) is 3.04. The number of methoxy groups -OCH3 is 1. The summed E-state index contributed by atoms with van der Waals surface area (Å²) in [7, 11) is 1.44. The first-order valence-electron chi connectivity index (χ1n) is 6.39. The first kappa shape index (κ1) is 12.5. The minimum absolute atomic E-state index is 0.190. The molecule has 0 radical (unpaired) electrons. The first-order chi connectivity index (χ1) is 9.19. The average molecular weight is 279 g/mol. The Bertz CT molecular complexity index is 629. The zero-order valence-electron chi connectivity index (χ0n) is 10.7. The van der Waals surface area contributed by atoms with Crippen molar-refractivity contribution in [2.24, 2.45) is 0 Å². The second-order valence-corrected chi connectivity index (χ2v) is 5.35. The normalized spacial score (nSPS) is 17.8. The number of halogens is 1. The van der Waals surface area contributed by atoms with E-state index in [0.717, 1.165) is 36.7 Å². The Morgan fingerprint density at radius 1 is 1.42 bits per heavy atom. The molecule has 0 aromatic carbocycles. The summed E-state index contributed by atoms with van der Waals surface area (Å²) in [6.45, 7) is 0. The van der Waals surface area contributed by atoms with Gasteiger partial charge in [-0.15, -0.1) is 0 Å². The molecule has 1 aliphatic carbocycles. The monoisotopic (exact) mass is 278 g/mol. The Hall–Kier alpha value is -1.55. The van der Waals surface area contributed by atoms with E-state index in [1.54, 1.807) is 12.3 Å². The lowest BCUT2D eigenvalue weighted by Crippen LogP contribution is -2.40. The van der Waals surface area contributed by atoms with E-state index in [9.17, 15) is 4.79 Å². The number of ether oxygens (including phenoxy) is 1. The molecule has 19 heavy (non-hydrogen) atoms. The molecule has 0 aliphatic heterocycles. The quantitative estimate of drug-likeness (QED) is 0.793. The molecule has 0 unspecified atom stereocenters. The average Bonchev–Trinajstić information content (AvgIpc) is 3.05. The maximum Gasteiger partial charge on any atom is 0.332 e. The van der Waals surface area contributed by atoms with E-state index in [2.05, 4.69) is 4.98 Å². The Kier molecular flexibility index (Phi) is 2.97. The van der Waals surface area contributed by atoms with Crippen molar-refractivity contribution in [3.8, 4) is 0 Å². The molecule has 100 valence electrons. The molecule has 0 amide bonds. The Morgan fingerprint density at radius 2 is 2.16 bits per heavy atom. The molecule has 2 aromatic rings. The summed E-state index contributed by atoms with van der Waals surface area (Å²) in [6, 6.07) is 3.67. The highest BCUT2D eigenvalue weighted by Gasteiger charge is 2.44. The highest BCUT2D eigenvalue weighted by molar-refractivity contribution is 6.35. The maximum absolute atomic E-state index is 12.3. The van der Waals surface area contributed by atoms with Gasteiger partial charge >= 0.3 is 5.97 Å². The number of hydrogen-bond donors (Lipinski definition) is 0. The Labute approximate surface area is 116 Å². The van der Waals surface area contributed by atoms with Gasteiger partial charge in [0, 0.05) is 17.8 Å². The van der Waals surface area contributed by atoms with Gasteiger partial charge in [-0.25, -0.2) is 9.78 Å². The molecular weight excluding hydrogens is 264 g/mol. The van der Waals surface area contributed by atoms with Crippen LogP contribution in [0, 0.1) is 0 Å². The molecule has 1 saturated carbocycles. The third-order valence-electron chi connectivity index (χ3n) is 3.99. The maximum atomic E-state index is 12.3. The number of fused-ring (bicyclic) bond motifs is 1. The van der Waals surface area contributed by atoms with E-state index >= 15 is 0 Å². The van der Waals surface area contributed by atoms with Crippen molar-refractivity contribution in [2.75, 3.05) is 7.11 Å². The second-order valence-electron chi connectivity index (χ2n) is 4.95. The summed E-state index contributed by atoms with van der Waals surface area (Å²) in [5.74, 6) is -0.190. The Morgan fingerprint density at radius 3 is 2.84 bits per heavy atom. The number of esters is 1. The third kappa shape index (κ3) is 1.74. The fourth-order valence-corrected chi connectivity index (χ4v) is 3.25. The van der Waals surface area contributed by atoms with Crippen molar-refractivity contribution < 1.29 is 9.53 Å². The van der Waals surface area contributed by atoms with E-state index in [-0.39, 0.29) is 5.97 Å². The summed E-state index contributed by atoms with van der Waals surface area (Å²) < 4.78 is 6.96. The van der Waals surface area contributed by atoms with Crippen LogP contribution in [0.5, 0.6) is 0 Å². The molecule has 0 spiro atoms. The fraction of sp³-hybridized carbons (Fsp3) is 0.429. The van der Waals surface area contributed by atoms with Crippen molar-refractivity contribution in [3.05, 3.63) is 29.5 Å². The van der Waals surface area contributed by atoms with Crippen molar-refractivity contribution >= 4 is 28.6 Å². The standard InChI is InChI=1S/C14H15ClN2O2/c1-19-13(18)14(6-2-3-7-14)17-9-5-10-11(15)4-8-16-12(10)17/h4-5,8-9H,2-3,6-7H2,1H3. The SMILES string of the molecule is COC(=O)C1(n2ccc3c(Cl)ccnc32)CCCC1. The predicted molar refractivity (Wildman–Crippen MR) is 73.2 cm³/mol. The molecule has 5 heteroatoms. The third-order valence-corrected chi connectivity index (χ3v) is 4.32. The number of carbonyl (C=O) groups is 1. The molecule has 0 saturated heterocycles. The molecule has 0 bridgehead atoms. The van der Waals surface area contributed by atoms with E-state index in [1.165, 1.54) is 7.11 Å². The summed E-state index contributed by atoms with van der Waals surface area (Å²) in [6.07, 6.45) is 7.19. The van der Waals surface area contributed by atoms with Crippen LogP contribution in [0.25, 0.3) is 11.0 Å². The van der Waals surface area contributed by atoms with E-state index < -0.39 is 5.54 Å². The lowest BCUT2D eigenvalue weighted by Gasteiger charge is -2.28. The molecule has 2 aromatic heterocycles. The van der Waals surface area contributed by atoms with Crippen molar-refractivity contribution in [2.45, 2.75) is 31.2 Å². The van der Waals surface area contributed by atoms with Crippen LogP contribution in [0.1, 0.15) is 25.7 Å². The van der Waals surface area contributed by atoms with Crippen LogP contribution in [-0.4, -0.2) is 22.6 Å². The number of aromatic nitrogens is 2. The van der Waals surface area contributed by atoms with E-state index in [0.29, 0.717) is 5.02 Å². The lowest BCUT2D eigenvalue weighted by molar-refractivity contribution is -0.150. The van der Waals surface area contributed by atoms with Gasteiger partial charge in [-0.2, -0.15) is 0 Å². The highest BCUT2D eigenvalue weighted by atomic mass is 35.5. The molecule has 4 nitrogen and oxygen atoms in total. The molecule has 2 heterocycles. The first-order valence-corrected chi connectivity index (χ1v) is 6.77. The number of pyridine rings is 1. The second kappa shape index (κ2) is 4.53. The van der Waals surface area contributed by atoms with Crippen molar-refractivity contribution in [3.63, 3.8) is 0 Å². The molecule has 3 rings (SSSR count). The van der Waals surface area contributed by atoms with Crippen LogP contribution in [0.4, 0.5) is 0 Å². The van der Waals surface area contributed by atoms with Gasteiger partial charge in [0.15, 0.2) is 0 Å². The van der Waals surface area contributed by atoms with Gasteiger partial charge in [-0.05, 0) is 25.0 Å². The van der Waals surface area contributed by atoms with E-state index in [1.807, 2.05) is 16.8 Å². The van der Waals surface area contributed by atoms with Gasteiger partial charge in [0.05, 0.1) is 12.1 Å². The van der Waals surface area contributed by atoms with Gasteiger partial charge in [-0.1, -0.05) is 24.4 Å². The Balaban J connectivity index is 2.22. The van der Waals surface area contributed by atoms with Gasteiger partial charge in [-0.3, -0.25) is 0 Å². The van der Waals surface area contributed by atoms with Crippen LogP contribution in [0.2, 0.25) is 5.02 Å². The largest absolute Gasteiger partial charge is 0.467 e. The summed E-state index contributed by atoms with van der Waals surface area (Å²) in [5, 5.41) is 1.53. The zero-order valence-corrected chi connectivity index (χ0v) is 11.5. The van der Waals surface area contributed by atoms with Crippen molar-refractivity contribution in [1.82, 2.24) is 9.55 Å².